The fourth-order valence-electron chi connectivity index (χ4n) is 1.53. The number of amidine groups is 1. The van der Waals surface area contributed by atoms with Gasteiger partial charge in [0.05, 0.1) is 18.4 Å². The van der Waals surface area contributed by atoms with Crippen molar-refractivity contribution in [1.29, 1.82) is 0 Å². The fourth-order valence-corrected chi connectivity index (χ4v) is 1.53. The highest BCUT2D eigenvalue weighted by Gasteiger charge is 2.09. The van der Waals surface area contributed by atoms with Crippen LogP contribution in [0.15, 0.2) is 29.3 Å². The number of hydrogen-bond acceptors (Lipinski definition) is 4. The zero-order valence-corrected chi connectivity index (χ0v) is 8.93. The van der Waals surface area contributed by atoms with E-state index in [9.17, 15) is 4.79 Å². The van der Waals surface area contributed by atoms with Crippen LogP contribution >= 0.6 is 0 Å². The van der Waals surface area contributed by atoms with Gasteiger partial charge in [-0.25, -0.2) is 9.79 Å². The number of ether oxygens (including phenoxy) is 1. The maximum absolute atomic E-state index is 11.3. The van der Waals surface area contributed by atoms with Gasteiger partial charge in [-0.05, 0) is 17.7 Å². The fraction of sp³-hybridized carbons (Fsp3) is 0.167. The van der Waals surface area contributed by atoms with Gasteiger partial charge in [0, 0.05) is 6.42 Å². The lowest BCUT2D eigenvalue weighted by Gasteiger charge is -2.03. The molecule has 1 aliphatic heterocycles. The van der Waals surface area contributed by atoms with Gasteiger partial charge in [-0.1, -0.05) is 18.2 Å². The lowest BCUT2D eigenvalue weighted by Crippen LogP contribution is -2.08. The van der Waals surface area contributed by atoms with Crippen LogP contribution in [0, 0.1) is 0 Å². The van der Waals surface area contributed by atoms with E-state index in [2.05, 4.69) is 9.73 Å². The van der Waals surface area contributed by atoms with Gasteiger partial charge in [0.15, 0.2) is 0 Å². The molecule has 4 heteroatoms. The van der Waals surface area contributed by atoms with Crippen LogP contribution in [0.2, 0.25) is 0 Å². The summed E-state index contributed by atoms with van der Waals surface area (Å²) in [5, 5.41) is 0. The molecule has 2 rings (SSSR count). The highest BCUT2D eigenvalue weighted by molar-refractivity contribution is 5.93. The smallest absolute Gasteiger partial charge is 0.337 e. The number of benzene rings is 1. The highest BCUT2D eigenvalue weighted by atomic mass is 16.5. The zero-order valence-electron chi connectivity index (χ0n) is 8.93. The number of fused-ring (bicyclic) bond motifs is 1. The maximum Gasteiger partial charge on any atom is 0.337 e. The monoisotopic (exact) mass is 216 g/mol. The molecule has 1 aliphatic rings. The second-order valence-corrected chi connectivity index (χ2v) is 3.47. The largest absolute Gasteiger partial charge is 0.465 e. The number of methoxy groups -OCH3 is 1. The minimum absolute atomic E-state index is 0.371. The molecule has 16 heavy (non-hydrogen) atoms. The van der Waals surface area contributed by atoms with E-state index >= 15 is 0 Å². The summed E-state index contributed by atoms with van der Waals surface area (Å²) in [7, 11) is 1.35. The van der Waals surface area contributed by atoms with Crippen LogP contribution in [0.1, 0.15) is 22.3 Å². The van der Waals surface area contributed by atoms with Crippen LogP contribution in [0.5, 0.6) is 0 Å². The van der Waals surface area contributed by atoms with E-state index in [0.29, 0.717) is 23.5 Å². The molecule has 1 aromatic rings. The van der Waals surface area contributed by atoms with Crippen molar-refractivity contribution in [2.24, 2.45) is 10.7 Å². The van der Waals surface area contributed by atoms with Gasteiger partial charge in [0.2, 0.25) is 0 Å². The van der Waals surface area contributed by atoms with E-state index in [0.717, 1.165) is 5.56 Å². The third kappa shape index (κ3) is 1.95. The topological polar surface area (TPSA) is 64.7 Å². The number of hydrogen-bond donors (Lipinski definition) is 1. The molecule has 2 N–H and O–H groups in total. The molecule has 0 spiro atoms. The molecule has 0 aliphatic carbocycles. The van der Waals surface area contributed by atoms with Crippen LogP contribution in [-0.4, -0.2) is 18.9 Å². The Labute approximate surface area is 93.4 Å². The first-order chi connectivity index (χ1) is 7.70. The molecular weight excluding hydrogens is 204 g/mol. The summed E-state index contributed by atoms with van der Waals surface area (Å²) < 4.78 is 4.65. The summed E-state index contributed by atoms with van der Waals surface area (Å²) in [6.07, 6.45) is 4.52. The van der Waals surface area contributed by atoms with Crippen molar-refractivity contribution in [2.45, 2.75) is 6.42 Å². The first kappa shape index (κ1) is 10.4. The molecule has 1 aromatic carbocycles. The average Bonchev–Trinajstić information content (AvgIpc) is 2.47. The number of aliphatic imine (C=N–C) groups is 1. The van der Waals surface area contributed by atoms with E-state index < -0.39 is 0 Å². The molecule has 0 atom stereocenters. The van der Waals surface area contributed by atoms with E-state index in [1.165, 1.54) is 7.11 Å². The van der Waals surface area contributed by atoms with Crippen molar-refractivity contribution in [3.8, 4) is 0 Å². The van der Waals surface area contributed by atoms with Gasteiger partial charge in [0.1, 0.15) is 5.84 Å². The molecule has 0 unspecified atom stereocenters. The molecular formula is C12H12N2O2. The first-order valence-electron chi connectivity index (χ1n) is 4.92. The van der Waals surface area contributed by atoms with Crippen molar-refractivity contribution < 1.29 is 9.53 Å². The Hall–Kier alpha value is -2.10. The second kappa shape index (κ2) is 4.18. The predicted molar refractivity (Wildman–Crippen MR) is 62.7 cm³/mol. The number of rotatable bonds is 1. The number of carbonyl (C=O) groups is 1. The van der Waals surface area contributed by atoms with Crippen LogP contribution in [0.25, 0.3) is 6.08 Å². The Morgan fingerprint density at radius 1 is 1.50 bits per heavy atom. The maximum atomic E-state index is 11.3. The molecule has 1 heterocycles. The van der Waals surface area contributed by atoms with E-state index in [4.69, 9.17) is 5.73 Å². The van der Waals surface area contributed by atoms with Crippen molar-refractivity contribution in [1.82, 2.24) is 0 Å². The molecule has 0 aromatic heterocycles. The Morgan fingerprint density at radius 2 is 2.31 bits per heavy atom. The zero-order chi connectivity index (χ0) is 11.5. The third-order valence-electron chi connectivity index (χ3n) is 2.34. The van der Waals surface area contributed by atoms with Crippen LogP contribution < -0.4 is 5.73 Å². The lowest BCUT2D eigenvalue weighted by atomic mass is 10.1. The van der Waals surface area contributed by atoms with Gasteiger partial charge in [-0.3, -0.25) is 0 Å². The van der Waals surface area contributed by atoms with Gasteiger partial charge in [-0.15, -0.1) is 0 Å². The SMILES string of the molecule is COC(=O)c1ccc2c(c1)N=C(N)CC=C2. The summed E-state index contributed by atoms with van der Waals surface area (Å²) in [6, 6.07) is 5.23. The number of carbonyl (C=O) groups excluding carboxylic acids is 1. The lowest BCUT2D eigenvalue weighted by molar-refractivity contribution is 0.0601. The average molecular weight is 216 g/mol. The van der Waals surface area contributed by atoms with Crippen molar-refractivity contribution in [3.63, 3.8) is 0 Å². The number of nitrogens with two attached hydrogens (primary N) is 1. The van der Waals surface area contributed by atoms with Gasteiger partial charge in [-0.2, -0.15) is 0 Å². The molecule has 0 fully saturated rings. The van der Waals surface area contributed by atoms with Crippen LogP contribution in [0.3, 0.4) is 0 Å². The Balaban J connectivity index is 2.49. The van der Waals surface area contributed by atoms with Gasteiger partial charge in [0.25, 0.3) is 0 Å². The van der Waals surface area contributed by atoms with E-state index in [-0.39, 0.29) is 5.97 Å². The first-order valence-corrected chi connectivity index (χ1v) is 4.92. The minimum Gasteiger partial charge on any atom is -0.465 e. The van der Waals surface area contributed by atoms with Crippen LogP contribution in [-0.2, 0) is 4.74 Å². The summed E-state index contributed by atoms with van der Waals surface area (Å²) in [5.41, 5.74) is 7.83. The quantitative estimate of drug-likeness (QED) is 0.729. The molecule has 0 radical (unpaired) electrons. The molecule has 82 valence electrons. The molecule has 4 nitrogen and oxygen atoms in total. The standard InChI is InChI=1S/C12H12N2O2/c1-16-12(15)9-6-5-8-3-2-4-11(13)14-10(8)7-9/h2-3,5-7H,4H2,1H3,(H2,13,14). The van der Waals surface area contributed by atoms with Gasteiger partial charge >= 0.3 is 5.97 Å². The Kier molecular flexibility index (Phi) is 2.72. The number of nitrogens with zero attached hydrogens (tertiary/aromatic N) is 1. The summed E-state index contributed by atoms with van der Waals surface area (Å²) in [6.45, 7) is 0. The molecule has 0 saturated carbocycles. The Bertz CT molecular complexity index is 490. The van der Waals surface area contributed by atoms with E-state index in [1.807, 2.05) is 18.2 Å². The molecule has 0 amide bonds. The van der Waals surface area contributed by atoms with Crippen LogP contribution in [0.4, 0.5) is 5.69 Å². The predicted octanol–water partition coefficient (Wildman–Crippen LogP) is 1.88. The molecule has 0 bridgehead atoms. The minimum atomic E-state index is -0.371. The summed E-state index contributed by atoms with van der Waals surface area (Å²) in [4.78, 5) is 15.6. The second-order valence-electron chi connectivity index (χ2n) is 3.47. The third-order valence-corrected chi connectivity index (χ3v) is 2.34. The van der Waals surface area contributed by atoms with Gasteiger partial charge < -0.3 is 10.5 Å². The van der Waals surface area contributed by atoms with Crippen molar-refractivity contribution in [3.05, 3.63) is 35.4 Å². The van der Waals surface area contributed by atoms with Crippen molar-refractivity contribution in [2.75, 3.05) is 7.11 Å². The van der Waals surface area contributed by atoms with Crippen molar-refractivity contribution >= 4 is 23.6 Å². The number of esters is 1. The highest BCUT2D eigenvalue weighted by Crippen LogP contribution is 2.25. The Morgan fingerprint density at radius 3 is 3.06 bits per heavy atom. The molecule has 0 saturated heterocycles. The summed E-state index contributed by atoms with van der Waals surface area (Å²) in [5.74, 6) is 0.168. The normalized spacial score (nSPS) is 13.7. The van der Waals surface area contributed by atoms with E-state index in [1.54, 1.807) is 12.1 Å². The summed E-state index contributed by atoms with van der Waals surface area (Å²) >= 11 is 0.